The Kier molecular flexibility index (Phi) is 3.56. The summed E-state index contributed by atoms with van der Waals surface area (Å²) < 4.78 is 4.37. The Morgan fingerprint density at radius 3 is 2.81 bits per heavy atom. The highest BCUT2D eigenvalue weighted by Gasteiger charge is 2.09. The van der Waals surface area contributed by atoms with Crippen LogP contribution < -0.4 is 5.32 Å². The van der Waals surface area contributed by atoms with E-state index in [9.17, 15) is 0 Å². The van der Waals surface area contributed by atoms with Gasteiger partial charge in [-0.05, 0) is 23.8 Å². The van der Waals surface area contributed by atoms with Crippen molar-refractivity contribution < 1.29 is 0 Å². The van der Waals surface area contributed by atoms with Crippen LogP contribution >= 0.6 is 22.9 Å². The van der Waals surface area contributed by atoms with E-state index in [-0.39, 0.29) is 0 Å². The van der Waals surface area contributed by atoms with Crippen molar-refractivity contribution in [1.82, 2.24) is 9.36 Å². The van der Waals surface area contributed by atoms with Gasteiger partial charge in [0.25, 0.3) is 0 Å². The Hall–Kier alpha value is -0.940. The number of hydrogen-bond acceptors (Lipinski definition) is 5. The zero-order valence-corrected chi connectivity index (χ0v) is 11.3. The number of nitrogens with one attached hydrogen (secondary N) is 1. The number of thiophene rings is 1. The first-order valence-corrected chi connectivity index (χ1v) is 6.99. The van der Waals surface area contributed by atoms with Crippen molar-refractivity contribution in [2.45, 2.75) is 20.8 Å². The molecule has 0 aliphatic rings. The van der Waals surface area contributed by atoms with Gasteiger partial charge in [-0.2, -0.15) is 20.7 Å². The molecule has 0 spiro atoms. The van der Waals surface area contributed by atoms with Crippen molar-refractivity contribution in [3.8, 4) is 11.4 Å². The van der Waals surface area contributed by atoms with Crippen LogP contribution in [0.4, 0.5) is 5.13 Å². The Bertz CT molecular complexity index is 459. The average Bonchev–Trinajstić information content (AvgIpc) is 2.83. The lowest BCUT2D eigenvalue weighted by Crippen LogP contribution is -2.07. The minimum atomic E-state index is 0.621. The van der Waals surface area contributed by atoms with Gasteiger partial charge in [0.2, 0.25) is 5.13 Å². The lowest BCUT2D eigenvalue weighted by atomic mass is 10.2. The second-order valence-electron chi connectivity index (χ2n) is 4.17. The molecule has 2 aromatic heterocycles. The lowest BCUT2D eigenvalue weighted by molar-refractivity contribution is 0.688. The monoisotopic (exact) mass is 253 g/mol. The quantitative estimate of drug-likeness (QED) is 0.904. The molecule has 0 saturated carbocycles. The SMILES string of the molecule is Cc1cscc1-c1nsc(NCC(C)C)n1. The largest absolute Gasteiger partial charge is 0.360 e. The van der Waals surface area contributed by atoms with Crippen molar-refractivity contribution >= 4 is 28.0 Å². The fourth-order valence-corrected chi connectivity index (χ4v) is 2.70. The standard InChI is InChI=1S/C11H15N3S2/c1-7(2)4-12-11-13-10(14-16-11)9-6-15-5-8(9)3/h5-7H,4H2,1-3H3,(H,12,13,14). The van der Waals surface area contributed by atoms with Gasteiger partial charge in [-0.25, -0.2) is 0 Å². The molecule has 16 heavy (non-hydrogen) atoms. The Balaban J connectivity index is 2.11. The molecule has 0 saturated heterocycles. The predicted octanol–water partition coefficient (Wildman–Crippen LogP) is 3.64. The minimum absolute atomic E-state index is 0.621. The van der Waals surface area contributed by atoms with Crippen LogP contribution in [0.15, 0.2) is 10.8 Å². The number of aryl methyl sites for hydroxylation is 1. The van der Waals surface area contributed by atoms with Crippen molar-refractivity contribution in [1.29, 1.82) is 0 Å². The summed E-state index contributed by atoms with van der Waals surface area (Å²) in [5.41, 5.74) is 2.40. The summed E-state index contributed by atoms with van der Waals surface area (Å²) in [6, 6.07) is 0. The highest BCUT2D eigenvalue weighted by atomic mass is 32.1. The van der Waals surface area contributed by atoms with Crippen LogP contribution in [0.3, 0.4) is 0 Å². The van der Waals surface area contributed by atoms with Gasteiger partial charge >= 0.3 is 0 Å². The smallest absolute Gasteiger partial charge is 0.202 e. The molecule has 5 heteroatoms. The fourth-order valence-electron chi connectivity index (χ4n) is 1.29. The first-order chi connectivity index (χ1) is 7.66. The second-order valence-corrected chi connectivity index (χ2v) is 5.66. The zero-order valence-electron chi connectivity index (χ0n) is 9.65. The van der Waals surface area contributed by atoms with E-state index in [0.29, 0.717) is 5.92 Å². The Morgan fingerprint density at radius 2 is 2.19 bits per heavy atom. The molecule has 0 atom stereocenters. The number of rotatable bonds is 4. The minimum Gasteiger partial charge on any atom is -0.360 e. The molecule has 86 valence electrons. The van der Waals surface area contributed by atoms with Gasteiger partial charge in [-0.15, -0.1) is 0 Å². The maximum atomic E-state index is 4.49. The molecule has 0 unspecified atom stereocenters. The Morgan fingerprint density at radius 1 is 1.38 bits per heavy atom. The van der Waals surface area contributed by atoms with Crippen LogP contribution in [0.1, 0.15) is 19.4 Å². The zero-order chi connectivity index (χ0) is 11.5. The predicted molar refractivity (Wildman–Crippen MR) is 71.3 cm³/mol. The molecule has 2 heterocycles. The molecular weight excluding hydrogens is 238 g/mol. The molecule has 0 radical (unpaired) electrons. The summed E-state index contributed by atoms with van der Waals surface area (Å²) in [5, 5.41) is 8.43. The van der Waals surface area contributed by atoms with Gasteiger partial charge in [-0.3, -0.25) is 0 Å². The first-order valence-electron chi connectivity index (χ1n) is 5.27. The highest BCUT2D eigenvalue weighted by molar-refractivity contribution is 7.10. The number of aromatic nitrogens is 2. The topological polar surface area (TPSA) is 37.8 Å². The number of anilines is 1. The van der Waals surface area contributed by atoms with Crippen LogP contribution in [0.2, 0.25) is 0 Å². The highest BCUT2D eigenvalue weighted by Crippen LogP contribution is 2.26. The van der Waals surface area contributed by atoms with Gasteiger partial charge in [0, 0.05) is 29.0 Å². The first kappa shape index (κ1) is 11.5. The van der Waals surface area contributed by atoms with Gasteiger partial charge in [0.15, 0.2) is 5.82 Å². The molecule has 2 rings (SSSR count). The van der Waals surface area contributed by atoms with E-state index in [1.165, 1.54) is 17.1 Å². The van der Waals surface area contributed by atoms with Crippen LogP contribution in [-0.4, -0.2) is 15.9 Å². The molecule has 0 aromatic carbocycles. The van der Waals surface area contributed by atoms with Crippen molar-refractivity contribution in [2.24, 2.45) is 5.92 Å². The second kappa shape index (κ2) is 4.93. The van der Waals surface area contributed by atoms with Gasteiger partial charge < -0.3 is 5.32 Å². The molecule has 1 N–H and O–H groups in total. The summed E-state index contributed by atoms with van der Waals surface area (Å²) in [4.78, 5) is 4.49. The molecule has 0 bridgehead atoms. The van der Waals surface area contributed by atoms with E-state index in [1.54, 1.807) is 11.3 Å². The van der Waals surface area contributed by atoms with Gasteiger partial charge in [0.1, 0.15) is 0 Å². The van der Waals surface area contributed by atoms with Gasteiger partial charge in [-0.1, -0.05) is 13.8 Å². The normalized spacial score (nSPS) is 11.0. The summed E-state index contributed by atoms with van der Waals surface area (Å²) in [5.74, 6) is 1.46. The van der Waals surface area contributed by atoms with Crippen molar-refractivity contribution in [3.05, 3.63) is 16.3 Å². The molecule has 0 fully saturated rings. The number of hydrogen-bond donors (Lipinski definition) is 1. The van der Waals surface area contributed by atoms with E-state index in [2.05, 4.69) is 46.2 Å². The van der Waals surface area contributed by atoms with E-state index >= 15 is 0 Å². The van der Waals surface area contributed by atoms with E-state index in [0.717, 1.165) is 23.1 Å². The molecule has 3 nitrogen and oxygen atoms in total. The van der Waals surface area contributed by atoms with E-state index in [4.69, 9.17) is 0 Å². The molecule has 0 aliphatic carbocycles. The molecule has 2 aromatic rings. The van der Waals surface area contributed by atoms with Crippen molar-refractivity contribution in [2.75, 3.05) is 11.9 Å². The Labute approximate surface area is 104 Å². The van der Waals surface area contributed by atoms with Crippen LogP contribution in [0.25, 0.3) is 11.4 Å². The van der Waals surface area contributed by atoms with Crippen molar-refractivity contribution in [3.63, 3.8) is 0 Å². The fraction of sp³-hybridized carbons (Fsp3) is 0.455. The molecular formula is C11H15N3S2. The van der Waals surface area contributed by atoms with Crippen LogP contribution in [0.5, 0.6) is 0 Å². The maximum absolute atomic E-state index is 4.49. The summed E-state index contributed by atoms with van der Waals surface area (Å²) in [7, 11) is 0. The van der Waals surface area contributed by atoms with Gasteiger partial charge in [0.05, 0.1) is 0 Å². The average molecular weight is 253 g/mol. The molecule has 0 aliphatic heterocycles. The third kappa shape index (κ3) is 2.59. The third-order valence-electron chi connectivity index (χ3n) is 2.18. The summed E-state index contributed by atoms with van der Waals surface area (Å²) >= 11 is 3.12. The summed E-state index contributed by atoms with van der Waals surface area (Å²) in [6.07, 6.45) is 0. The maximum Gasteiger partial charge on any atom is 0.202 e. The van der Waals surface area contributed by atoms with E-state index in [1.807, 2.05) is 0 Å². The third-order valence-corrected chi connectivity index (χ3v) is 3.72. The lowest BCUT2D eigenvalue weighted by Gasteiger charge is -2.03. The van der Waals surface area contributed by atoms with Crippen LogP contribution in [0, 0.1) is 12.8 Å². The van der Waals surface area contributed by atoms with Crippen LogP contribution in [-0.2, 0) is 0 Å². The summed E-state index contributed by atoms with van der Waals surface area (Å²) in [6.45, 7) is 7.39. The molecule has 0 amide bonds. The van der Waals surface area contributed by atoms with E-state index < -0.39 is 0 Å². The number of nitrogens with zero attached hydrogens (tertiary/aromatic N) is 2.